The maximum atomic E-state index is 10.6. The third-order valence-corrected chi connectivity index (χ3v) is 2.00. The monoisotopic (exact) mass is 286 g/mol. The van der Waals surface area contributed by atoms with Crippen molar-refractivity contribution in [2.75, 3.05) is 0 Å². The van der Waals surface area contributed by atoms with Gasteiger partial charge in [0.2, 0.25) is 0 Å². The third kappa shape index (κ3) is 2.12. The average molecular weight is 285 g/mol. The van der Waals surface area contributed by atoms with Gasteiger partial charge < -0.3 is 5.11 Å². The Balaban J connectivity index is 0.000000980. The summed E-state index contributed by atoms with van der Waals surface area (Å²) in [5.41, 5.74) is 0.332. The van der Waals surface area contributed by atoms with Gasteiger partial charge in [-0.05, 0) is 22.9 Å². The van der Waals surface area contributed by atoms with E-state index in [-0.39, 0.29) is 27.3 Å². The molecule has 0 unspecified atom stereocenters. The fourth-order valence-corrected chi connectivity index (χ4v) is 1.32. The van der Waals surface area contributed by atoms with Crippen LogP contribution in [0.5, 0.6) is 0 Å². The zero-order chi connectivity index (χ0) is 9.26. The molecule has 2 nitrogen and oxygen atoms in total. The quantitative estimate of drug-likeness (QED) is 0.817. The van der Waals surface area contributed by atoms with Gasteiger partial charge in [0.25, 0.3) is 0 Å². The summed E-state index contributed by atoms with van der Waals surface area (Å²) in [5, 5.41) is 10.8. The van der Waals surface area contributed by atoms with Crippen LogP contribution in [0.2, 0.25) is 0 Å². The number of hydrogen-bond donors (Lipinski definition) is 1. The molecule has 0 aliphatic carbocycles. The topological polar surface area (TPSA) is 37.3 Å². The minimum atomic E-state index is -0.884. The number of carboxylic acids is 1. The number of carbonyl (C=O) groups is 1. The van der Waals surface area contributed by atoms with Crippen LogP contribution in [0, 0.1) is 0 Å². The normalized spacial score (nSPS) is 9.43. The van der Waals surface area contributed by atoms with E-state index in [1.54, 1.807) is 12.1 Å². The summed E-state index contributed by atoms with van der Waals surface area (Å²) in [6.07, 6.45) is 0. The summed E-state index contributed by atoms with van der Waals surface area (Å²) >= 11 is 0. The number of hydrogen-bond acceptors (Lipinski definition) is 1. The predicted octanol–water partition coefficient (Wildman–Crippen LogP) is 2.54. The molecule has 2 aromatic carbocycles. The zero-order valence-corrected chi connectivity index (χ0v) is 11.6. The summed E-state index contributed by atoms with van der Waals surface area (Å²) in [6.45, 7) is 0. The van der Waals surface area contributed by atoms with Crippen LogP contribution in [0.25, 0.3) is 10.8 Å². The maximum absolute atomic E-state index is 10.6. The maximum Gasteiger partial charge on any atom is 0.335 e. The molecule has 14 heavy (non-hydrogen) atoms. The Morgan fingerprint density at radius 3 is 2.29 bits per heavy atom. The second kappa shape index (κ2) is 4.55. The van der Waals surface area contributed by atoms with Crippen molar-refractivity contribution in [3.05, 3.63) is 48.0 Å². The van der Waals surface area contributed by atoms with E-state index >= 15 is 0 Å². The first-order valence-electron chi connectivity index (χ1n) is 3.99. The Kier molecular flexibility index (Phi) is 3.63. The molecule has 0 radical (unpaired) electrons. The van der Waals surface area contributed by atoms with Crippen LogP contribution < -0.4 is 0 Å². The first kappa shape index (κ1) is 11.2. The van der Waals surface area contributed by atoms with E-state index in [9.17, 15) is 4.79 Å². The smallest absolute Gasteiger partial charge is 0.335 e. The van der Waals surface area contributed by atoms with Crippen molar-refractivity contribution in [2.24, 2.45) is 0 Å². The van der Waals surface area contributed by atoms with Crippen molar-refractivity contribution in [2.45, 2.75) is 0 Å². The molecule has 0 aromatic heterocycles. The summed E-state index contributed by atoms with van der Waals surface area (Å²) in [4.78, 5) is 10.6. The Morgan fingerprint density at radius 2 is 1.64 bits per heavy atom. The van der Waals surface area contributed by atoms with E-state index in [4.69, 9.17) is 5.11 Å². The van der Waals surface area contributed by atoms with Gasteiger partial charge in [-0.1, -0.05) is 30.3 Å². The number of aromatic carboxylic acids is 1. The van der Waals surface area contributed by atoms with Crippen molar-refractivity contribution < 1.29 is 37.2 Å². The molecule has 0 spiro atoms. The molecule has 0 saturated carbocycles. The number of fused-ring (bicyclic) bond motifs is 1. The van der Waals surface area contributed by atoms with Crippen molar-refractivity contribution in [3.8, 4) is 0 Å². The third-order valence-electron chi connectivity index (χ3n) is 2.00. The van der Waals surface area contributed by atoms with Gasteiger partial charge >= 0.3 is 5.97 Å². The van der Waals surface area contributed by atoms with Crippen LogP contribution in [0.3, 0.4) is 0 Å². The Bertz CT molecular complexity index is 466. The fourth-order valence-electron chi connectivity index (χ4n) is 1.32. The molecular formula is C11H8CdO2. The largest absolute Gasteiger partial charge is 0.478 e. The second-order valence-electron chi connectivity index (χ2n) is 2.87. The van der Waals surface area contributed by atoms with Gasteiger partial charge in [-0.25, -0.2) is 4.79 Å². The molecule has 0 atom stereocenters. The minimum Gasteiger partial charge on any atom is -0.478 e. The molecule has 2 rings (SSSR count). The molecule has 2 aromatic rings. The summed E-state index contributed by atoms with van der Waals surface area (Å²) in [7, 11) is 0. The van der Waals surface area contributed by atoms with Crippen LogP contribution in [0.1, 0.15) is 10.4 Å². The van der Waals surface area contributed by atoms with Crippen LogP contribution in [0.15, 0.2) is 42.5 Å². The van der Waals surface area contributed by atoms with Gasteiger partial charge in [0.15, 0.2) is 0 Å². The molecule has 66 valence electrons. The first-order chi connectivity index (χ1) is 6.27. The second-order valence-corrected chi connectivity index (χ2v) is 2.87. The minimum absolute atomic E-state index is 0. The van der Waals surface area contributed by atoms with Gasteiger partial charge in [-0.3, -0.25) is 0 Å². The summed E-state index contributed by atoms with van der Waals surface area (Å²) < 4.78 is 0. The van der Waals surface area contributed by atoms with Crippen molar-refractivity contribution in [1.29, 1.82) is 0 Å². The molecule has 0 bridgehead atoms. The molecule has 3 heteroatoms. The van der Waals surface area contributed by atoms with Gasteiger partial charge in [0, 0.05) is 27.3 Å². The summed E-state index contributed by atoms with van der Waals surface area (Å²) in [5.74, 6) is -0.884. The molecule has 0 amide bonds. The van der Waals surface area contributed by atoms with Crippen molar-refractivity contribution in [1.82, 2.24) is 0 Å². The van der Waals surface area contributed by atoms with Crippen molar-refractivity contribution >= 4 is 16.7 Å². The standard InChI is InChI=1S/C11H8O2.Cd/c12-11(13)10-6-5-8-3-1-2-4-9(8)7-10;/h1-7H,(H,12,13);. The Hall–Kier alpha value is -0.908. The molecule has 0 aliphatic rings. The van der Waals surface area contributed by atoms with E-state index in [0.717, 1.165) is 10.8 Å². The van der Waals surface area contributed by atoms with Crippen molar-refractivity contribution in [3.63, 3.8) is 0 Å². The number of benzene rings is 2. The predicted molar refractivity (Wildman–Crippen MR) is 50.9 cm³/mol. The molecule has 0 heterocycles. The van der Waals surface area contributed by atoms with Gasteiger partial charge in [-0.15, -0.1) is 0 Å². The van der Waals surface area contributed by atoms with Crippen LogP contribution in [0.4, 0.5) is 0 Å². The molecular weight excluding hydrogens is 277 g/mol. The summed E-state index contributed by atoms with van der Waals surface area (Å²) in [6, 6.07) is 12.8. The Labute approximate surface area is 102 Å². The Morgan fingerprint density at radius 1 is 1.00 bits per heavy atom. The van der Waals surface area contributed by atoms with Gasteiger partial charge in [0.1, 0.15) is 0 Å². The van der Waals surface area contributed by atoms with E-state index in [0.29, 0.717) is 5.56 Å². The van der Waals surface area contributed by atoms with E-state index in [1.165, 1.54) is 0 Å². The first-order valence-corrected chi connectivity index (χ1v) is 3.99. The number of rotatable bonds is 1. The van der Waals surface area contributed by atoms with Gasteiger partial charge in [0.05, 0.1) is 5.56 Å². The molecule has 0 saturated heterocycles. The molecule has 0 fully saturated rings. The van der Waals surface area contributed by atoms with E-state index in [1.807, 2.05) is 30.3 Å². The van der Waals surface area contributed by atoms with Crippen LogP contribution in [-0.4, -0.2) is 11.1 Å². The van der Waals surface area contributed by atoms with E-state index < -0.39 is 5.97 Å². The van der Waals surface area contributed by atoms with Crippen LogP contribution in [-0.2, 0) is 27.3 Å². The number of carboxylic acid groups (broad SMARTS) is 1. The SMILES string of the molecule is O=C(O)c1ccc2ccccc2c1.[Cd]. The average Bonchev–Trinajstić information content (AvgIpc) is 2.17. The molecule has 1 N–H and O–H groups in total. The van der Waals surface area contributed by atoms with Crippen LogP contribution >= 0.6 is 0 Å². The van der Waals surface area contributed by atoms with Gasteiger partial charge in [-0.2, -0.15) is 0 Å². The van der Waals surface area contributed by atoms with E-state index in [2.05, 4.69) is 0 Å². The molecule has 0 aliphatic heterocycles. The fraction of sp³-hybridized carbons (Fsp3) is 0. The zero-order valence-electron chi connectivity index (χ0n) is 7.60.